The lowest BCUT2D eigenvalue weighted by Gasteiger charge is -2.42. The Kier molecular flexibility index (Phi) is 9.06. The van der Waals surface area contributed by atoms with Gasteiger partial charge < -0.3 is 24.2 Å². The van der Waals surface area contributed by atoms with E-state index in [9.17, 15) is 9.90 Å². The second-order valence-corrected chi connectivity index (χ2v) is 13.8. The fourth-order valence-corrected chi connectivity index (χ4v) is 7.61. The van der Waals surface area contributed by atoms with Gasteiger partial charge in [0, 0.05) is 75.6 Å². The summed E-state index contributed by atoms with van der Waals surface area (Å²) < 4.78 is 23.4. The normalized spacial score (nSPS) is 23.0. The Hall–Kier alpha value is -4.13. The first kappa shape index (κ1) is 32.4. The molecule has 0 spiro atoms. The third-order valence-corrected chi connectivity index (χ3v) is 10.6. The summed E-state index contributed by atoms with van der Waals surface area (Å²) in [4.78, 5) is 34.4. The van der Waals surface area contributed by atoms with E-state index in [4.69, 9.17) is 9.72 Å². The van der Waals surface area contributed by atoms with Gasteiger partial charge in [-0.05, 0) is 82.8 Å². The summed E-state index contributed by atoms with van der Waals surface area (Å²) in [5.41, 5.74) is 2.28. The number of amides is 1. The molecule has 1 saturated carbocycles. The molecule has 12 heteroatoms. The van der Waals surface area contributed by atoms with Crippen molar-refractivity contribution in [1.29, 1.82) is 0 Å². The number of hydrogen-bond donors (Lipinski definition) is 2. The Bertz CT molecular complexity index is 1770. The topological polar surface area (TPSA) is 112 Å². The molecule has 0 unspecified atom stereocenters. The van der Waals surface area contributed by atoms with Crippen molar-refractivity contribution in [3.05, 3.63) is 60.3 Å². The molecule has 4 aromatic rings. The van der Waals surface area contributed by atoms with Crippen LogP contribution in [0.2, 0.25) is 0 Å². The van der Waals surface area contributed by atoms with Gasteiger partial charge in [-0.3, -0.25) is 25.0 Å². The number of nitrogens with zero attached hydrogens (tertiary/aromatic N) is 7. The number of nitrogens with one attached hydrogen (secondary N) is 1. The molecule has 3 fully saturated rings. The lowest BCUT2D eigenvalue weighted by molar-refractivity contribution is 0.0106. The number of hydrogen-bond acceptors (Lipinski definition) is 9. The molecule has 3 aromatic heterocycles. The van der Waals surface area contributed by atoms with E-state index in [0.717, 1.165) is 81.7 Å². The number of halogens is 1. The maximum absolute atomic E-state index is 15.9. The highest BCUT2D eigenvalue weighted by Gasteiger charge is 2.33. The van der Waals surface area contributed by atoms with E-state index >= 15 is 4.39 Å². The quantitative estimate of drug-likeness (QED) is 0.285. The zero-order valence-corrected chi connectivity index (χ0v) is 28.0. The van der Waals surface area contributed by atoms with E-state index < -0.39 is 17.3 Å². The smallest absolute Gasteiger partial charge is 0.261 e. The van der Waals surface area contributed by atoms with Crippen molar-refractivity contribution in [3.8, 4) is 17.0 Å². The Balaban J connectivity index is 1.17. The number of aliphatic hydroxyl groups is 1. The predicted molar refractivity (Wildman–Crippen MR) is 184 cm³/mol. The van der Waals surface area contributed by atoms with Gasteiger partial charge in [0.15, 0.2) is 5.82 Å². The van der Waals surface area contributed by atoms with Gasteiger partial charge in [0.05, 0.1) is 34.9 Å². The Morgan fingerprint density at radius 2 is 1.75 bits per heavy atom. The largest absolute Gasteiger partial charge is 0.496 e. The Labute approximate surface area is 280 Å². The van der Waals surface area contributed by atoms with Crippen LogP contribution in [0, 0.1) is 5.82 Å². The average molecular weight is 657 g/mol. The number of anilines is 2. The summed E-state index contributed by atoms with van der Waals surface area (Å²) in [6, 6.07) is 9.94. The minimum Gasteiger partial charge on any atom is -0.496 e. The first-order valence-electron chi connectivity index (χ1n) is 17.1. The molecule has 2 aliphatic heterocycles. The first-order chi connectivity index (χ1) is 23.2. The zero-order valence-electron chi connectivity index (χ0n) is 28.0. The summed E-state index contributed by atoms with van der Waals surface area (Å²) in [5, 5.41) is 13.7. The SMILES string of the molecule is COc1ccncc1-c1nccc(C(=O)Nc2nc3ccc(N4CCC(N5CCN(C)CC5)CC4)cc3n2C2CCC(C)(O)CC2)c1F. The van der Waals surface area contributed by atoms with Gasteiger partial charge in [-0.2, -0.15) is 0 Å². The average Bonchev–Trinajstić information content (AvgIpc) is 3.45. The van der Waals surface area contributed by atoms with Crippen LogP contribution in [-0.4, -0.2) is 105 Å². The number of pyridine rings is 2. The highest BCUT2D eigenvalue weighted by molar-refractivity contribution is 6.05. The van der Waals surface area contributed by atoms with Crippen molar-refractivity contribution in [2.75, 3.05) is 63.6 Å². The Morgan fingerprint density at radius 1 is 1.00 bits per heavy atom. The molecular weight excluding hydrogens is 611 g/mol. The highest BCUT2D eigenvalue weighted by Crippen LogP contribution is 2.40. The third kappa shape index (κ3) is 6.48. The van der Waals surface area contributed by atoms with Gasteiger partial charge in [0.1, 0.15) is 11.4 Å². The first-order valence-corrected chi connectivity index (χ1v) is 17.1. The number of carbonyl (C=O) groups is 1. The monoisotopic (exact) mass is 656 g/mol. The summed E-state index contributed by atoms with van der Waals surface area (Å²) in [5.74, 6) is -0.614. The van der Waals surface area contributed by atoms with E-state index in [1.807, 2.05) is 13.0 Å². The molecule has 2 saturated heterocycles. The zero-order chi connectivity index (χ0) is 33.4. The van der Waals surface area contributed by atoms with Crippen molar-refractivity contribution in [1.82, 2.24) is 29.3 Å². The molecule has 11 nitrogen and oxygen atoms in total. The van der Waals surface area contributed by atoms with Crippen LogP contribution in [0.5, 0.6) is 5.75 Å². The van der Waals surface area contributed by atoms with Gasteiger partial charge in [0.2, 0.25) is 5.95 Å². The molecule has 3 aliphatic rings. The molecule has 1 aromatic carbocycles. The maximum atomic E-state index is 15.9. The fourth-order valence-electron chi connectivity index (χ4n) is 7.61. The number of imidazole rings is 1. The van der Waals surface area contributed by atoms with Gasteiger partial charge in [-0.1, -0.05) is 0 Å². The van der Waals surface area contributed by atoms with Crippen LogP contribution in [0.25, 0.3) is 22.3 Å². The minimum absolute atomic E-state index is 0.0150. The maximum Gasteiger partial charge on any atom is 0.261 e. The van der Waals surface area contributed by atoms with Crippen molar-refractivity contribution in [2.45, 2.75) is 63.1 Å². The summed E-state index contributed by atoms with van der Waals surface area (Å²) in [6.07, 6.45) is 9.43. The van der Waals surface area contributed by atoms with Gasteiger partial charge in [-0.15, -0.1) is 0 Å². The molecule has 0 radical (unpaired) electrons. The van der Waals surface area contributed by atoms with Crippen molar-refractivity contribution >= 4 is 28.6 Å². The number of fused-ring (bicyclic) bond motifs is 1. The minimum atomic E-state index is -0.764. The number of rotatable bonds is 7. The number of benzene rings is 1. The molecule has 2 N–H and O–H groups in total. The third-order valence-electron chi connectivity index (χ3n) is 10.6. The molecule has 5 heterocycles. The van der Waals surface area contributed by atoms with Crippen LogP contribution in [0.1, 0.15) is 61.8 Å². The van der Waals surface area contributed by atoms with E-state index in [-0.39, 0.29) is 17.3 Å². The predicted octanol–water partition coefficient (Wildman–Crippen LogP) is 4.98. The molecule has 0 atom stereocenters. The second kappa shape index (κ2) is 13.4. The molecule has 1 aliphatic carbocycles. The lowest BCUT2D eigenvalue weighted by Crippen LogP contribution is -2.52. The van der Waals surface area contributed by atoms with E-state index in [0.29, 0.717) is 36.1 Å². The van der Waals surface area contributed by atoms with E-state index in [1.165, 1.54) is 25.6 Å². The van der Waals surface area contributed by atoms with Crippen LogP contribution in [0.3, 0.4) is 0 Å². The van der Waals surface area contributed by atoms with Crippen LogP contribution >= 0.6 is 0 Å². The van der Waals surface area contributed by atoms with Gasteiger partial charge in [-0.25, -0.2) is 9.37 Å². The Morgan fingerprint density at radius 3 is 2.48 bits per heavy atom. The lowest BCUT2D eigenvalue weighted by atomic mass is 9.83. The van der Waals surface area contributed by atoms with Gasteiger partial charge in [0.25, 0.3) is 5.91 Å². The second-order valence-electron chi connectivity index (χ2n) is 13.8. The van der Waals surface area contributed by atoms with Crippen LogP contribution < -0.4 is 15.0 Å². The highest BCUT2D eigenvalue weighted by atomic mass is 19.1. The fraction of sp³-hybridized carbons (Fsp3) is 0.500. The number of carbonyl (C=O) groups excluding carboxylic acids is 1. The summed E-state index contributed by atoms with van der Waals surface area (Å²) >= 11 is 0. The van der Waals surface area contributed by atoms with Crippen molar-refractivity contribution in [3.63, 3.8) is 0 Å². The van der Waals surface area contributed by atoms with E-state index in [2.05, 4.69) is 53.7 Å². The summed E-state index contributed by atoms with van der Waals surface area (Å²) in [6.45, 7) is 8.38. The van der Waals surface area contributed by atoms with Gasteiger partial charge >= 0.3 is 0 Å². The molecule has 0 bridgehead atoms. The molecule has 1 amide bonds. The summed E-state index contributed by atoms with van der Waals surface area (Å²) in [7, 11) is 3.69. The standard InChI is InChI=1S/C36H45FN8O3/c1-36(47)12-6-25(7-13-36)45-30-22-26(43-16-10-24(11-17-43)44-20-18-42(2)19-21-44)4-5-29(30)40-35(45)41-34(46)27-8-15-39-33(32(27)37)28-23-38-14-9-31(28)48-3/h4-5,8-9,14-15,22-25,47H,6-7,10-13,16-21H2,1-3H3,(H,40,41,46). The van der Waals surface area contributed by atoms with Crippen molar-refractivity contribution < 1.29 is 19.0 Å². The number of methoxy groups -OCH3 is 1. The number of likely N-dealkylation sites (N-methyl/N-ethyl adjacent to an activating group) is 1. The number of aromatic nitrogens is 4. The van der Waals surface area contributed by atoms with E-state index in [1.54, 1.807) is 12.3 Å². The number of piperazine rings is 1. The molecule has 7 rings (SSSR count). The number of ether oxygens (including phenoxy) is 1. The van der Waals surface area contributed by atoms with Crippen molar-refractivity contribution in [2.24, 2.45) is 0 Å². The molecular formula is C36H45FN8O3. The molecule has 254 valence electrons. The molecule has 48 heavy (non-hydrogen) atoms. The van der Waals surface area contributed by atoms with Crippen LogP contribution in [0.4, 0.5) is 16.0 Å². The van der Waals surface area contributed by atoms with Crippen LogP contribution in [-0.2, 0) is 0 Å². The van der Waals surface area contributed by atoms with Crippen LogP contribution in [0.15, 0.2) is 48.9 Å². The number of piperidine rings is 1.